The van der Waals surface area contributed by atoms with E-state index in [1.807, 2.05) is 14.1 Å². The molecule has 1 saturated heterocycles. The summed E-state index contributed by atoms with van der Waals surface area (Å²) in [5, 5.41) is 6.14. The summed E-state index contributed by atoms with van der Waals surface area (Å²) in [6.45, 7) is 3.92. The van der Waals surface area contributed by atoms with E-state index in [-0.39, 0.29) is 18.6 Å². The van der Waals surface area contributed by atoms with Crippen LogP contribution in [0.25, 0.3) is 0 Å². The average Bonchev–Trinajstić information content (AvgIpc) is 2.33. The number of carbonyl (C=O) groups is 1. The molecule has 0 spiro atoms. The molecule has 0 bridgehead atoms. The van der Waals surface area contributed by atoms with Crippen LogP contribution in [0.2, 0.25) is 0 Å². The summed E-state index contributed by atoms with van der Waals surface area (Å²) in [6.07, 6.45) is 3.25. The molecule has 0 unspecified atom stereocenters. The fourth-order valence-corrected chi connectivity index (χ4v) is 1.83. The highest BCUT2D eigenvalue weighted by Gasteiger charge is 2.14. The lowest BCUT2D eigenvalue weighted by Crippen LogP contribution is -2.36. The Morgan fingerprint density at radius 3 is 2.76 bits per heavy atom. The van der Waals surface area contributed by atoms with Crippen molar-refractivity contribution < 1.29 is 9.53 Å². The molecule has 1 aliphatic rings. The number of piperidine rings is 1. The van der Waals surface area contributed by atoms with E-state index in [4.69, 9.17) is 4.74 Å². The van der Waals surface area contributed by atoms with Crippen molar-refractivity contribution in [1.82, 2.24) is 15.5 Å². The monoisotopic (exact) mass is 243 g/mol. The van der Waals surface area contributed by atoms with Crippen molar-refractivity contribution in [3.05, 3.63) is 0 Å². The van der Waals surface area contributed by atoms with Gasteiger partial charge in [-0.25, -0.2) is 0 Å². The highest BCUT2D eigenvalue weighted by Crippen LogP contribution is 2.06. The van der Waals surface area contributed by atoms with Crippen LogP contribution in [-0.2, 0) is 9.53 Å². The molecule has 0 radical (unpaired) electrons. The summed E-state index contributed by atoms with van der Waals surface area (Å²) in [5.41, 5.74) is 0. The number of hydrogen-bond acceptors (Lipinski definition) is 4. The number of nitrogens with zero attached hydrogens (tertiary/aromatic N) is 1. The Balaban J connectivity index is 1.96. The summed E-state index contributed by atoms with van der Waals surface area (Å²) >= 11 is 0. The zero-order chi connectivity index (χ0) is 12.5. The number of nitrogens with one attached hydrogen (secondary N) is 2. The smallest absolute Gasteiger partial charge is 0.246 e. The maximum Gasteiger partial charge on any atom is 0.246 e. The molecule has 0 aliphatic carbocycles. The van der Waals surface area contributed by atoms with Gasteiger partial charge in [0.1, 0.15) is 6.61 Å². The third-order valence-electron chi connectivity index (χ3n) is 2.84. The van der Waals surface area contributed by atoms with Crippen LogP contribution in [0.15, 0.2) is 0 Å². The summed E-state index contributed by atoms with van der Waals surface area (Å²) in [6, 6.07) is 0. The Morgan fingerprint density at radius 1 is 1.41 bits per heavy atom. The molecule has 0 saturated carbocycles. The SMILES string of the molecule is CN(C)CCCNC(=O)COC1CCNCC1. The highest BCUT2D eigenvalue weighted by atomic mass is 16.5. The molecule has 1 heterocycles. The number of carbonyl (C=O) groups excluding carboxylic acids is 1. The van der Waals surface area contributed by atoms with E-state index in [0.29, 0.717) is 0 Å². The van der Waals surface area contributed by atoms with E-state index >= 15 is 0 Å². The minimum absolute atomic E-state index is 0.00212. The van der Waals surface area contributed by atoms with Gasteiger partial charge in [-0.3, -0.25) is 4.79 Å². The van der Waals surface area contributed by atoms with Crippen molar-refractivity contribution in [3.8, 4) is 0 Å². The first-order valence-corrected chi connectivity index (χ1v) is 6.42. The normalized spacial score (nSPS) is 17.4. The van der Waals surface area contributed by atoms with Gasteiger partial charge < -0.3 is 20.3 Å². The first-order valence-electron chi connectivity index (χ1n) is 6.42. The lowest BCUT2D eigenvalue weighted by molar-refractivity contribution is -0.128. The van der Waals surface area contributed by atoms with E-state index in [0.717, 1.165) is 45.4 Å². The third-order valence-corrected chi connectivity index (χ3v) is 2.84. The van der Waals surface area contributed by atoms with Crippen molar-refractivity contribution in [1.29, 1.82) is 0 Å². The van der Waals surface area contributed by atoms with Crippen LogP contribution < -0.4 is 10.6 Å². The van der Waals surface area contributed by atoms with E-state index in [1.54, 1.807) is 0 Å². The van der Waals surface area contributed by atoms with Crippen molar-refractivity contribution in [2.24, 2.45) is 0 Å². The predicted octanol–water partition coefficient (Wildman–Crippen LogP) is -0.177. The van der Waals surface area contributed by atoms with Crippen molar-refractivity contribution >= 4 is 5.91 Å². The van der Waals surface area contributed by atoms with E-state index in [9.17, 15) is 4.79 Å². The minimum Gasteiger partial charge on any atom is -0.368 e. The van der Waals surface area contributed by atoms with Crippen molar-refractivity contribution in [2.45, 2.75) is 25.4 Å². The molecule has 1 aliphatic heterocycles. The van der Waals surface area contributed by atoms with Gasteiger partial charge in [-0.2, -0.15) is 0 Å². The molecule has 2 N–H and O–H groups in total. The van der Waals surface area contributed by atoms with Gasteiger partial charge in [-0.15, -0.1) is 0 Å². The van der Waals surface area contributed by atoms with Gasteiger partial charge >= 0.3 is 0 Å². The van der Waals surface area contributed by atoms with Crippen LogP contribution in [0.1, 0.15) is 19.3 Å². The van der Waals surface area contributed by atoms with E-state index in [1.165, 1.54) is 0 Å². The molecule has 0 aromatic carbocycles. The highest BCUT2D eigenvalue weighted by molar-refractivity contribution is 5.77. The van der Waals surface area contributed by atoms with Crippen LogP contribution in [0, 0.1) is 0 Å². The quantitative estimate of drug-likeness (QED) is 0.609. The molecule has 100 valence electrons. The second-order valence-electron chi connectivity index (χ2n) is 4.77. The van der Waals surface area contributed by atoms with Gasteiger partial charge in [0.15, 0.2) is 0 Å². The molecule has 5 nitrogen and oxygen atoms in total. The Labute approximate surface area is 104 Å². The molecule has 0 atom stereocenters. The number of amides is 1. The van der Waals surface area contributed by atoms with Crippen molar-refractivity contribution in [2.75, 3.05) is 46.9 Å². The average molecular weight is 243 g/mol. The maximum absolute atomic E-state index is 11.5. The molecular weight excluding hydrogens is 218 g/mol. The summed E-state index contributed by atoms with van der Waals surface area (Å²) in [7, 11) is 4.06. The first kappa shape index (κ1) is 14.4. The van der Waals surface area contributed by atoms with Gasteiger partial charge in [-0.1, -0.05) is 0 Å². The lowest BCUT2D eigenvalue weighted by Gasteiger charge is -2.22. The zero-order valence-electron chi connectivity index (χ0n) is 11.0. The fraction of sp³-hybridized carbons (Fsp3) is 0.917. The Hall–Kier alpha value is -0.650. The standard InChI is InChI=1S/C12H25N3O2/c1-15(2)9-3-6-14-12(16)10-17-11-4-7-13-8-5-11/h11,13H,3-10H2,1-2H3,(H,14,16). The molecule has 17 heavy (non-hydrogen) atoms. The second kappa shape index (κ2) is 8.44. The number of rotatable bonds is 7. The molecule has 1 fully saturated rings. The van der Waals surface area contributed by atoms with Gasteiger partial charge in [0, 0.05) is 6.54 Å². The number of hydrogen-bond donors (Lipinski definition) is 2. The fourth-order valence-electron chi connectivity index (χ4n) is 1.83. The van der Waals surface area contributed by atoms with Crippen LogP contribution >= 0.6 is 0 Å². The third kappa shape index (κ3) is 7.31. The zero-order valence-corrected chi connectivity index (χ0v) is 11.0. The van der Waals surface area contributed by atoms with Gasteiger partial charge in [0.05, 0.1) is 6.10 Å². The Bertz CT molecular complexity index is 216. The topological polar surface area (TPSA) is 53.6 Å². The molecule has 0 aromatic heterocycles. The molecule has 0 aromatic rings. The lowest BCUT2D eigenvalue weighted by atomic mass is 10.1. The summed E-state index contributed by atoms with van der Waals surface area (Å²) < 4.78 is 5.56. The van der Waals surface area contributed by atoms with Crippen LogP contribution in [0.4, 0.5) is 0 Å². The van der Waals surface area contributed by atoms with Crippen LogP contribution in [0.5, 0.6) is 0 Å². The van der Waals surface area contributed by atoms with Gasteiger partial charge in [0.2, 0.25) is 5.91 Å². The maximum atomic E-state index is 11.5. The van der Waals surface area contributed by atoms with Crippen LogP contribution in [0.3, 0.4) is 0 Å². The van der Waals surface area contributed by atoms with E-state index in [2.05, 4.69) is 15.5 Å². The number of ether oxygens (including phenoxy) is 1. The largest absolute Gasteiger partial charge is 0.368 e. The van der Waals surface area contributed by atoms with Crippen molar-refractivity contribution in [3.63, 3.8) is 0 Å². The van der Waals surface area contributed by atoms with Gasteiger partial charge in [-0.05, 0) is 53.0 Å². The Kier molecular flexibility index (Phi) is 7.16. The second-order valence-corrected chi connectivity index (χ2v) is 4.77. The molecule has 1 rings (SSSR count). The summed E-state index contributed by atoms with van der Waals surface area (Å²) in [5.74, 6) is 0.00212. The molecule has 1 amide bonds. The van der Waals surface area contributed by atoms with Crippen LogP contribution in [-0.4, -0.2) is 63.8 Å². The van der Waals surface area contributed by atoms with Gasteiger partial charge in [0.25, 0.3) is 0 Å². The molecular formula is C12H25N3O2. The first-order chi connectivity index (χ1) is 8.18. The summed E-state index contributed by atoms with van der Waals surface area (Å²) in [4.78, 5) is 13.6. The van der Waals surface area contributed by atoms with E-state index < -0.39 is 0 Å². The molecule has 5 heteroatoms. The Morgan fingerprint density at radius 2 is 2.12 bits per heavy atom. The predicted molar refractivity (Wildman–Crippen MR) is 68.0 cm³/mol. The minimum atomic E-state index is 0.00212.